The summed E-state index contributed by atoms with van der Waals surface area (Å²) in [5, 5.41) is 3.62. The molecule has 0 heterocycles. The summed E-state index contributed by atoms with van der Waals surface area (Å²) in [6.07, 6.45) is 8.29. The van der Waals surface area contributed by atoms with Crippen LogP contribution in [0, 0.1) is 5.92 Å². The molecule has 0 saturated heterocycles. The van der Waals surface area contributed by atoms with E-state index < -0.39 is 0 Å². The second-order valence-corrected chi connectivity index (χ2v) is 5.33. The second kappa shape index (κ2) is 8.08. The Balaban J connectivity index is 1.94. The van der Waals surface area contributed by atoms with E-state index in [0.717, 1.165) is 18.5 Å². The molecule has 0 amide bonds. The number of hydrogen-bond acceptors (Lipinski definition) is 2. The van der Waals surface area contributed by atoms with Crippen molar-refractivity contribution >= 4 is 0 Å². The number of nitrogens with zero attached hydrogens (tertiary/aromatic N) is 1. The molecule has 0 aromatic carbocycles. The minimum Gasteiger partial charge on any atom is -0.315 e. The van der Waals surface area contributed by atoms with Gasteiger partial charge in [0, 0.05) is 19.1 Å². The lowest BCUT2D eigenvalue weighted by Gasteiger charge is -2.18. The van der Waals surface area contributed by atoms with Crippen LogP contribution in [0.2, 0.25) is 0 Å². The molecule has 1 rings (SSSR count). The summed E-state index contributed by atoms with van der Waals surface area (Å²) in [5.41, 5.74) is 0. The zero-order chi connectivity index (χ0) is 11.8. The Morgan fingerprint density at radius 1 is 1.31 bits per heavy atom. The van der Waals surface area contributed by atoms with Crippen molar-refractivity contribution in [1.29, 1.82) is 0 Å². The van der Waals surface area contributed by atoms with Gasteiger partial charge in [0.1, 0.15) is 0 Å². The zero-order valence-corrected chi connectivity index (χ0v) is 11.5. The van der Waals surface area contributed by atoms with Crippen LogP contribution in [-0.2, 0) is 0 Å². The first kappa shape index (κ1) is 14.0. The van der Waals surface area contributed by atoms with E-state index in [1.807, 2.05) is 0 Å². The molecule has 0 aliphatic heterocycles. The van der Waals surface area contributed by atoms with Gasteiger partial charge < -0.3 is 10.2 Å². The largest absolute Gasteiger partial charge is 0.315 e. The lowest BCUT2D eigenvalue weighted by Crippen LogP contribution is -2.33. The van der Waals surface area contributed by atoms with Gasteiger partial charge in [-0.2, -0.15) is 0 Å². The summed E-state index contributed by atoms with van der Waals surface area (Å²) < 4.78 is 0. The molecule has 16 heavy (non-hydrogen) atoms. The van der Waals surface area contributed by atoms with Crippen LogP contribution in [0.3, 0.4) is 0 Å². The van der Waals surface area contributed by atoms with E-state index in [1.165, 1.54) is 51.6 Å². The Labute approximate surface area is 102 Å². The molecule has 2 nitrogen and oxygen atoms in total. The zero-order valence-electron chi connectivity index (χ0n) is 11.5. The number of hydrogen-bond donors (Lipinski definition) is 1. The number of rotatable bonds is 10. The highest BCUT2D eigenvalue weighted by molar-refractivity contribution is 4.82. The minimum absolute atomic E-state index is 0.895. The Bertz CT molecular complexity index is 166. The van der Waals surface area contributed by atoms with E-state index >= 15 is 0 Å². The maximum atomic E-state index is 3.62. The predicted molar refractivity (Wildman–Crippen MR) is 71.8 cm³/mol. The van der Waals surface area contributed by atoms with Crippen LogP contribution >= 0.6 is 0 Å². The summed E-state index contributed by atoms with van der Waals surface area (Å²) in [7, 11) is 2.26. The maximum Gasteiger partial charge on any atom is 0.0107 e. The average Bonchev–Trinajstić information content (AvgIpc) is 3.11. The SMILES string of the molecule is CCCCC(CC)CNCCN(C)C1CC1. The molecule has 0 aromatic heterocycles. The van der Waals surface area contributed by atoms with Crippen molar-refractivity contribution in [3.8, 4) is 0 Å². The Kier molecular flexibility index (Phi) is 7.06. The van der Waals surface area contributed by atoms with E-state index in [4.69, 9.17) is 0 Å². The van der Waals surface area contributed by atoms with Crippen LogP contribution in [0.4, 0.5) is 0 Å². The quantitative estimate of drug-likeness (QED) is 0.576. The van der Waals surface area contributed by atoms with Crippen LogP contribution in [0.15, 0.2) is 0 Å². The molecule has 1 saturated carbocycles. The van der Waals surface area contributed by atoms with Crippen LogP contribution in [-0.4, -0.2) is 37.6 Å². The lowest BCUT2D eigenvalue weighted by atomic mass is 9.99. The highest BCUT2D eigenvalue weighted by Crippen LogP contribution is 2.24. The van der Waals surface area contributed by atoms with Gasteiger partial charge in [-0.3, -0.25) is 0 Å². The molecule has 2 heteroatoms. The van der Waals surface area contributed by atoms with Crippen molar-refractivity contribution in [2.75, 3.05) is 26.7 Å². The van der Waals surface area contributed by atoms with Gasteiger partial charge in [-0.05, 0) is 38.8 Å². The maximum absolute atomic E-state index is 3.62. The second-order valence-electron chi connectivity index (χ2n) is 5.33. The summed E-state index contributed by atoms with van der Waals surface area (Å²) in [4.78, 5) is 2.50. The normalized spacial score (nSPS) is 18.0. The van der Waals surface area contributed by atoms with Crippen molar-refractivity contribution < 1.29 is 0 Å². The molecule has 1 fully saturated rings. The van der Waals surface area contributed by atoms with E-state index in [-0.39, 0.29) is 0 Å². The monoisotopic (exact) mass is 226 g/mol. The first-order chi connectivity index (χ1) is 7.77. The molecule has 1 atom stereocenters. The van der Waals surface area contributed by atoms with Gasteiger partial charge in [0.25, 0.3) is 0 Å². The van der Waals surface area contributed by atoms with Gasteiger partial charge >= 0.3 is 0 Å². The number of nitrogens with one attached hydrogen (secondary N) is 1. The molecule has 0 aromatic rings. The predicted octanol–water partition coefficient (Wildman–Crippen LogP) is 2.89. The summed E-state index contributed by atoms with van der Waals surface area (Å²) in [6.45, 7) is 8.20. The topological polar surface area (TPSA) is 15.3 Å². The van der Waals surface area contributed by atoms with Gasteiger partial charge in [0.15, 0.2) is 0 Å². The first-order valence-corrected chi connectivity index (χ1v) is 7.18. The van der Waals surface area contributed by atoms with Crippen LogP contribution < -0.4 is 5.32 Å². The molecule has 1 aliphatic rings. The molecule has 1 N–H and O–H groups in total. The molecule has 0 radical (unpaired) electrons. The molecule has 1 unspecified atom stereocenters. The van der Waals surface area contributed by atoms with Gasteiger partial charge in [-0.15, -0.1) is 0 Å². The molecule has 0 bridgehead atoms. The van der Waals surface area contributed by atoms with Crippen molar-refractivity contribution in [1.82, 2.24) is 10.2 Å². The van der Waals surface area contributed by atoms with Crippen molar-refractivity contribution in [3.05, 3.63) is 0 Å². The minimum atomic E-state index is 0.895. The summed E-state index contributed by atoms with van der Waals surface area (Å²) >= 11 is 0. The van der Waals surface area contributed by atoms with Gasteiger partial charge in [-0.25, -0.2) is 0 Å². The van der Waals surface area contributed by atoms with E-state index in [1.54, 1.807) is 0 Å². The Morgan fingerprint density at radius 2 is 2.06 bits per heavy atom. The molecule has 96 valence electrons. The highest BCUT2D eigenvalue weighted by Gasteiger charge is 2.25. The van der Waals surface area contributed by atoms with E-state index in [2.05, 4.69) is 31.1 Å². The fraction of sp³-hybridized carbons (Fsp3) is 1.00. The molecule has 0 spiro atoms. The fourth-order valence-corrected chi connectivity index (χ4v) is 2.20. The third kappa shape index (κ3) is 5.86. The van der Waals surface area contributed by atoms with Crippen LogP contribution in [0.1, 0.15) is 52.4 Å². The van der Waals surface area contributed by atoms with Gasteiger partial charge in [0.05, 0.1) is 0 Å². The summed E-state index contributed by atoms with van der Waals surface area (Å²) in [5.74, 6) is 0.895. The van der Waals surface area contributed by atoms with Crippen LogP contribution in [0.25, 0.3) is 0 Å². The van der Waals surface area contributed by atoms with Crippen molar-refractivity contribution in [2.24, 2.45) is 5.92 Å². The molecular formula is C14H30N2. The number of likely N-dealkylation sites (N-methyl/N-ethyl adjacent to an activating group) is 1. The first-order valence-electron chi connectivity index (χ1n) is 7.18. The van der Waals surface area contributed by atoms with E-state index in [9.17, 15) is 0 Å². The Morgan fingerprint density at radius 3 is 2.62 bits per heavy atom. The van der Waals surface area contributed by atoms with Crippen LogP contribution in [0.5, 0.6) is 0 Å². The summed E-state index contributed by atoms with van der Waals surface area (Å²) in [6, 6.07) is 0.906. The Hall–Kier alpha value is -0.0800. The van der Waals surface area contributed by atoms with Crippen molar-refractivity contribution in [2.45, 2.75) is 58.4 Å². The third-order valence-corrected chi connectivity index (χ3v) is 3.79. The fourth-order valence-electron chi connectivity index (χ4n) is 2.20. The molecular weight excluding hydrogens is 196 g/mol. The average molecular weight is 226 g/mol. The standard InChI is InChI=1S/C14H30N2/c1-4-6-7-13(5-2)12-15-10-11-16(3)14-8-9-14/h13-15H,4-12H2,1-3H3. The van der Waals surface area contributed by atoms with Gasteiger partial charge in [-0.1, -0.05) is 33.1 Å². The molecule has 1 aliphatic carbocycles. The van der Waals surface area contributed by atoms with E-state index in [0.29, 0.717) is 0 Å². The smallest absolute Gasteiger partial charge is 0.0107 e. The van der Waals surface area contributed by atoms with Crippen molar-refractivity contribution in [3.63, 3.8) is 0 Å². The third-order valence-electron chi connectivity index (χ3n) is 3.79. The number of unbranched alkanes of at least 4 members (excludes halogenated alkanes) is 1. The lowest BCUT2D eigenvalue weighted by molar-refractivity contribution is 0.314. The highest BCUT2D eigenvalue weighted by atomic mass is 15.2. The van der Waals surface area contributed by atoms with Gasteiger partial charge in [0.2, 0.25) is 0 Å².